The number of aromatic nitrogens is 2. The van der Waals surface area contributed by atoms with Crippen molar-refractivity contribution >= 4 is 105 Å². The molecule has 5 rings (SSSR count). The minimum absolute atomic E-state index is 0.0490. The van der Waals surface area contributed by atoms with Gasteiger partial charge >= 0.3 is 0 Å². The normalized spacial score (nSPS) is 12.7. The number of aryl methyl sites for hydroxylation is 1. The standard InChI is InChI=1S/C52H66ClN9O7S2/c1-7-11-45(63)55-20-21-70-29-33-12-10-13-34(23-33)30-71-31-44(48(66)58-28-47(65)62-52(4,5)51(69)54-6)61-49(67)42(22-32(2)3)60-50(68)43(24-36-27-57-40-15-9-8-14-38(36)40)59-46(64)19-16-35-26-56-41-18-17-37(53)25-39(35)41/h8-10,12-15,17-18,23,25-27,32,42-44,56-57H,6-7,11,16,19-22,24,28-31H2,1-5H3,(H,55,63)(H,58,66)(H,59,64)(H,60,68)(H,61,67)(H,62,65)/t42-,43-,44-/m0/s1. The van der Waals surface area contributed by atoms with Crippen LogP contribution in [0.1, 0.15) is 82.6 Å². The number of hydrogen-bond acceptors (Lipinski definition) is 9. The van der Waals surface area contributed by atoms with Gasteiger partial charge in [0, 0.05) is 88.0 Å². The van der Waals surface area contributed by atoms with Gasteiger partial charge in [-0.3, -0.25) is 33.6 Å². The van der Waals surface area contributed by atoms with Crippen LogP contribution in [0.2, 0.25) is 5.02 Å². The Morgan fingerprint density at radius 3 is 2.11 bits per heavy atom. The molecular formula is C52H66ClN9O7S2. The van der Waals surface area contributed by atoms with Gasteiger partial charge in [-0.1, -0.05) is 74.8 Å². The molecule has 19 heteroatoms. The molecule has 0 saturated heterocycles. The lowest BCUT2D eigenvalue weighted by Gasteiger charge is -2.26. The highest BCUT2D eigenvalue weighted by Crippen LogP contribution is 2.24. The van der Waals surface area contributed by atoms with E-state index in [4.69, 9.17) is 11.6 Å². The minimum Gasteiger partial charge on any atom is -0.361 e. The summed E-state index contributed by atoms with van der Waals surface area (Å²) >= 11 is 9.38. The lowest BCUT2D eigenvalue weighted by atomic mass is 10.00. The molecule has 0 fully saturated rings. The van der Waals surface area contributed by atoms with Gasteiger partial charge in [-0.15, -0.1) is 0 Å². The van der Waals surface area contributed by atoms with E-state index >= 15 is 0 Å². The molecule has 5 aromatic rings. The zero-order valence-corrected chi connectivity index (χ0v) is 43.4. The van der Waals surface area contributed by atoms with Crippen LogP contribution in [0.15, 0.2) is 84.1 Å². The second kappa shape index (κ2) is 27.5. The Labute approximate surface area is 428 Å². The Balaban J connectivity index is 1.30. The fourth-order valence-electron chi connectivity index (χ4n) is 7.84. The predicted molar refractivity (Wildman–Crippen MR) is 285 cm³/mol. The first-order valence-electron chi connectivity index (χ1n) is 23.8. The smallest absolute Gasteiger partial charge is 0.270 e. The third-order valence-electron chi connectivity index (χ3n) is 11.5. The van der Waals surface area contributed by atoms with Crippen LogP contribution in [0.4, 0.5) is 0 Å². The van der Waals surface area contributed by atoms with Gasteiger partial charge in [0.15, 0.2) is 0 Å². The molecule has 0 aliphatic heterocycles. The highest BCUT2D eigenvalue weighted by Gasteiger charge is 2.32. The first-order valence-corrected chi connectivity index (χ1v) is 26.5. The van der Waals surface area contributed by atoms with E-state index in [0.717, 1.165) is 62.0 Å². The van der Waals surface area contributed by atoms with E-state index in [1.165, 1.54) is 25.6 Å². The third kappa shape index (κ3) is 17.6. The Morgan fingerprint density at radius 1 is 0.718 bits per heavy atom. The summed E-state index contributed by atoms with van der Waals surface area (Å²) < 4.78 is 0. The van der Waals surface area contributed by atoms with Crippen LogP contribution in [0.5, 0.6) is 0 Å². The lowest BCUT2D eigenvalue weighted by Crippen LogP contribution is -2.58. The number of aromatic amines is 2. The lowest BCUT2D eigenvalue weighted by molar-refractivity contribution is -0.134. The number of benzene rings is 3. The Kier molecular flexibility index (Phi) is 21.6. The van der Waals surface area contributed by atoms with E-state index in [9.17, 15) is 33.6 Å². The SMILES string of the molecule is C=NC(=O)C(C)(C)NC(=O)CNC(=O)[C@H](CSCc1cccc(CSCCNC(=O)CCC)c1)NC(=O)[C@H](CC(C)C)NC(=O)[C@H](Cc1c[nH]c2ccccc12)NC(=O)CCc1c[nH]c2ccc(Cl)cc12. The summed E-state index contributed by atoms with van der Waals surface area (Å²) in [7, 11) is 0. The molecule has 16 nitrogen and oxygen atoms in total. The number of carbonyl (C=O) groups is 7. The summed E-state index contributed by atoms with van der Waals surface area (Å²) in [5, 5.41) is 19.1. The number of para-hydroxylation sites is 1. The molecule has 2 heterocycles. The maximum atomic E-state index is 14.5. The quantitative estimate of drug-likeness (QED) is 0.0207. The van der Waals surface area contributed by atoms with Crippen molar-refractivity contribution in [3.05, 3.63) is 106 Å². The number of rotatable bonds is 28. The van der Waals surface area contributed by atoms with E-state index in [1.54, 1.807) is 24.0 Å². The summed E-state index contributed by atoms with van der Waals surface area (Å²) in [6, 6.07) is 17.8. The van der Waals surface area contributed by atoms with Gasteiger partial charge in [-0.2, -0.15) is 23.5 Å². The second-order valence-corrected chi connectivity index (χ2v) is 20.9. The molecule has 8 N–H and O–H groups in total. The number of carbonyl (C=O) groups excluding carboxylic acids is 7. The van der Waals surface area contributed by atoms with Crippen LogP contribution in [-0.2, 0) is 57.9 Å². The van der Waals surface area contributed by atoms with Crippen LogP contribution >= 0.6 is 35.1 Å². The van der Waals surface area contributed by atoms with Crippen molar-refractivity contribution in [1.82, 2.24) is 41.9 Å². The summed E-state index contributed by atoms with van der Waals surface area (Å²) in [4.78, 5) is 103. The molecular weight excluding hydrogens is 962 g/mol. The Morgan fingerprint density at radius 2 is 1.39 bits per heavy atom. The van der Waals surface area contributed by atoms with E-state index in [0.29, 0.717) is 30.2 Å². The van der Waals surface area contributed by atoms with E-state index in [-0.39, 0.29) is 42.7 Å². The molecule has 0 aliphatic rings. The fourth-order valence-corrected chi connectivity index (χ4v) is 9.82. The zero-order valence-electron chi connectivity index (χ0n) is 41.0. The average molecular weight is 1030 g/mol. The van der Waals surface area contributed by atoms with Crippen molar-refractivity contribution in [1.29, 1.82) is 0 Å². The molecule has 0 aliphatic carbocycles. The van der Waals surface area contributed by atoms with E-state index in [2.05, 4.69) is 59.6 Å². The average Bonchev–Trinajstić information content (AvgIpc) is 3.94. The largest absolute Gasteiger partial charge is 0.361 e. The molecule has 2 aromatic heterocycles. The second-order valence-electron chi connectivity index (χ2n) is 18.3. The number of H-pyrrole nitrogens is 2. The van der Waals surface area contributed by atoms with Crippen molar-refractivity contribution in [2.75, 3.05) is 24.6 Å². The molecule has 71 heavy (non-hydrogen) atoms. The molecule has 0 saturated carbocycles. The van der Waals surface area contributed by atoms with Gasteiger partial charge in [0.1, 0.15) is 23.7 Å². The van der Waals surface area contributed by atoms with Crippen LogP contribution in [0, 0.1) is 5.92 Å². The van der Waals surface area contributed by atoms with Gasteiger partial charge in [0.2, 0.25) is 35.4 Å². The summed E-state index contributed by atoms with van der Waals surface area (Å²) in [6.07, 6.45) is 5.72. The van der Waals surface area contributed by atoms with Crippen LogP contribution in [0.3, 0.4) is 0 Å². The van der Waals surface area contributed by atoms with E-state index < -0.39 is 59.7 Å². The fraction of sp³-hybridized carbons (Fsp3) is 0.423. The zero-order chi connectivity index (χ0) is 51.5. The molecule has 0 bridgehead atoms. The molecule has 0 radical (unpaired) electrons. The maximum absolute atomic E-state index is 14.5. The first kappa shape index (κ1) is 55.8. The van der Waals surface area contributed by atoms with Gasteiger partial charge in [0.05, 0.1) is 6.54 Å². The van der Waals surface area contributed by atoms with Crippen molar-refractivity contribution in [3.8, 4) is 0 Å². The Bertz CT molecular complexity index is 2670. The van der Waals surface area contributed by atoms with Crippen molar-refractivity contribution in [3.63, 3.8) is 0 Å². The minimum atomic E-state index is -1.37. The third-order valence-corrected chi connectivity index (χ3v) is 13.9. The molecule has 0 unspecified atom stereocenters. The summed E-state index contributed by atoms with van der Waals surface area (Å²) in [5.74, 6) is -1.47. The number of nitrogens with zero attached hydrogens (tertiary/aromatic N) is 1. The number of amides is 7. The number of aliphatic imine (C=N–C) groups is 1. The number of thioether (sulfide) groups is 2. The van der Waals surface area contributed by atoms with Gasteiger partial charge < -0.3 is 41.9 Å². The number of nitrogens with one attached hydrogen (secondary N) is 8. The topological polar surface area (TPSA) is 236 Å². The van der Waals surface area contributed by atoms with Crippen LogP contribution < -0.4 is 31.9 Å². The molecule has 380 valence electrons. The highest BCUT2D eigenvalue weighted by molar-refractivity contribution is 7.98. The van der Waals surface area contributed by atoms with Crippen LogP contribution in [0.25, 0.3) is 21.8 Å². The highest BCUT2D eigenvalue weighted by atomic mass is 35.5. The van der Waals surface area contributed by atoms with Gasteiger partial charge in [-0.05, 0) is 92.3 Å². The number of halogens is 1. The Hall–Kier alpha value is -6.11. The predicted octanol–water partition coefficient (Wildman–Crippen LogP) is 6.30. The number of hydrogen-bond donors (Lipinski definition) is 8. The summed E-state index contributed by atoms with van der Waals surface area (Å²) in [6.45, 7) is 12.0. The monoisotopic (exact) mass is 1030 g/mol. The van der Waals surface area contributed by atoms with Crippen molar-refractivity contribution in [2.45, 2.75) is 108 Å². The number of fused-ring (bicyclic) bond motifs is 2. The maximum Gasteiger partial charge on any atom is 0.270 e. The summed E-state index contributed by atoms with van der Waals surface area (Å²) in [5.41, 5.74) is 4.16. The van der Waals surface area contributed by atoms with Crippen LogP contribution in [-0.4, -0.2) is 106 Å². The van der Waals surface area contributed by atoms with Gasteiger partial charge in [0.25, 0.3) is 5.91 Å². The molecule has 3 aromatic carbocycles. The molecule has 7 amide bonds. The van der Waals surface area contributed by atoms with E-state index in [1.807, 2.05) is 81.6 Å². The molecule has 0 spiro atoms. The van der Waals surface area contributed by atoms with Crippen molar-refractivity contribution in [2.24, 2.45) is 10.9 Å². The first-order chi connectivity index (χ1) is 34.0. The molecule has 3 atom stereocenters. The van der Waals surface area contributed by atoms with Gasteiger partial charge in [-0.25, -0.2) is 4.99 Å². The van der Waals surface area contributed by atoms with Crippen molar-refractivity contribution < 1.29 is 33.6 Å².